The first-order chi connectivity index (χ1) is 11.0. The van der Waals surface area contributed by atoms with E-state index in [0.29, 0.717) is 23.5 Å². The highest BCUT2D eigenvalue weighted by Gasteiger charge is 2.09. The third-order valence-corrected chi connectivity index (χ3v) is 3.42. The molecule has 2 aromatic rings. The third-order valence-electron chi connectivity index (χ3n) is 3.42. The van der Waals surface area contributed by atoms with E-state index in [4.69, 9.17) is 9.47 Å². The minimum absolute atomic E-state index is 0.0566. The standard InChI is InChI=1S/C19H20O4/c1-4-17(20)15-7-9-16(10-8-15)23-19(21)12-22-18-11-13(2)5-6-14(18)3/h5-11H,4,12H2,1-3H3. The zero-order valence-electron chi connectivity index (χ0n) is 13.6. The summed E-state index contributed by atoms with van der Waals surface area (Å²) in [5.41, 5.74) is 2.64. The number of aryl methyl sites for hydroxylation is 2. The van der Waals surface area contributed by atoms with Crippen molar-refractivity contribution in [1.29, 1.82) is 0 Å². The van der Waals surface area contributed by atoms with E-state index in [9.17, 15) is 9.59 Å². The summed E-state index contributed by atoms with van der Waals surface area (Å²) in [6.45, 7) is 5.52. The normalized spacial score (nSPS) is 10.2. The predicted molar refractivity (Wildman–Crippen MR) is 88.1 cm³/mol. The number of esters is 1. The third kappa shape index (κ3) is 4.68. The van der Waals surface area contributed by atoms with Crippen LogP contribution in [0.3, 0.4) is 0 Å². The first-order valence-corrected chi connectivity index (χ1v) is 7.53. The summed E-state index contributed by atoms with van der Waals surface area (Å²) >= 11 is 0. The average Bonchev–Trinajstić information content (AvgIpc) is 2.55. The molecule has 0 spiro atoms. The minimum Gasteiger partial charge on any atom is -0.482 e. The highest BCUT2D eigenvalue weighted by Crippen LogP contribution is 2.19. The number of ketones is 1. The molecule has 0 aliphatic carbocycles. The zero-order valence-corrected chi connectivity index (χ0v) is 13.6. The Kier molecular flexibility index (Phi) is 5.52. The van der Waals surface area contributed by atoms with Gasteiger partial charge in [-0.15, -0.1) is 0 Å². The van der Waals surface area contributed by atoms with E-state index >= 15 is 0 Å². The molecule has 0 unspecified atom stereocenters. The number of rotatable bonds is 6. The number of benzene rings is 2. The Balaban J connectivity index is 1.92. The van der Waals surface area contributed by atoms with Crippen molar-refractivity contribution >= 4 is 11.8 Å². The lowest BCUT2D eigenvalue weighted by molar-refractivity contribution is -0.136. The van der Waals surface area contributed by atoms with Crippen molar-refractivity contribution in [2.45, 2.75) is 27.2 Å². The van der Waals surface area contributed by atoms with Crippen LogP contribution in [-0.4, -0.2) is 18.4 Å². The summed E-state index contributed by atoms with van der Waals surface area (Å²) in [6.07, 6.45) is 0.447. The second-order valence-electron chi connectivity index (χ2n) is 5.33. The number of carbonyl (C=O) groups excluding carboxylic acids is 2. The van der Waals surface area contributed by atoms with Crippen LogP contribution in [0.4, 0.5) is 0 Å². The fourth-order valence-corrected chi connectivity index (χ4v) is 2.07. The topological polar surface area (TPSA) is 52.6 Å². The largest absolute Gasteiger partial charge is 0.482 e. The van der Waals surface area contributed by atoms with E-state index in [1.807, 2.05) is 32.0 Å². The van der Waals surface area contributed by atoms with E-state index in [0.717, 1.165) is 11.1 Å². The van der Waals surface area contributed by atoms with Crippen LogP contribution in [0.1, 0.15) is 34.8 Å². The Morgan fingerprint density at radius 3 is 2.35 bits per heavy atom. The Morgan fingerprint density at radius 1 is 1.00 bits per heavy atom. The molecular formula is C19H20O4. The highest BCUT2D eigenvalue weighted by atomic mass is 16.6. The molecule has 0 bridgehead atoms. The maximum Gasteiger partial charge on any atom is 0.349 e. The van der Waals surface area contributed by atoms with Gasteiger partial charge in [-0.3, -0.25) is 4.79 Å². The monoisotopic (exact) mass is 312 g/mol. The Morgan fingerprint density at radius 2 is 1.70 bits per heavy atom. The number of ether oxygens (including phenoxy) is 2. The summed E-state index contributed by atoms with van der Waals surface area (Å²) in [5.74, 6) is 0.639. The lowest BCUT2D eigenvalue weighted by Crippen LogP contribution is -2.18. The van der Waals surface area contributed by atoms with Gasteiger partial charge in [-0.1, -0.05) is 19.1 Å². The van der Waals surface area contributed by atoms with Gasteiger partial charge in [0.2, 0.25) is 0 Å². The summed E-state index contributed by atoms with van der Waals surface area (Å²) in [5, 5.41) is 0. The number of Topliss-reactive ketones (excluding diaryl/α,β-unsaturated/α-hetero) is 1. The van der Waals surface area contributed by atoms with E-state index in [1.165, 1.54) is 0 Å². The molecule has 4 heteroatoms. The smallest absolute Gasteiger partial charge is 0.349 e. The molecule has 0 aliphatic heterocycles. The summed E-state index contributed by atoms with van der Waals surface area (Å²) in [6, 6.07) is 12.3. The van der Waals surface area contributed by atoms with Crippen LogP contribution in [0.15, 0.2) is 42.5 Å². The molecule has 0 saturated carbocycles. The van der Waals surface area contributed by atoms with Crippen LogP contribution in [0, 0.1) is 13.8 Å². The van der Waals surface area contributed by atoms with Gasteiger partial charge in [0.05, 0.1) is 0 Å². The molecule has 0 aliphatic rings. The number of carbonyl (C=O) groups is 2. The van der Waals surface area contributed by atoms with E-state index in [-0.39, 0.29) is 12.4 Å². The summed E-state index contributed by atoms with van der Waals surface area (Å²) < 4.78 is 10.7. The maximum absolute atomic E-state index is 11.8. The van der Waals surface area contributed by atoms with Crippen LogP contribution in [0.25, 0.3) is 0 Å². The van der Waals surface area contributed by atoms with Crippen molar-refractivity contribution in [3.63, 3.8) is 0 Å². The fourth-order valence-electron chi connectivity index (χ4n) is 2.07. The highest BCUT2D eigenvalue weighted by molar-refractivity contribution is 5.95. The molecule has 0 amide bonds. The van der Waals surface area contributed by atoms with Crippen molar-refractivity contribution in [3.05, 3.63) is 59.2 Å². The molecule has 23 heavy (non-hydrogen) atoms. The Hall–Kier alpha value is -2.62. The summed E-state index contributed by atoms with van der Waals surface area (Å²) in [7, 11) is 0. The van der Waals surface area contributed by atoms with Crippen LogP contribution in [-0.2, 0) is 4.79 Å². The first-order valence-electron chi connectivity index (χ1n) is 7.53. The molecule has 2 rings (SSSR count). The van der Waals surface area contributed by atoms with Crippen LogP contribution >= 0.6 is 0 Å². The summed E-state index contributed by atoms with van der Waals surface area (Å²) in [4.78, 5) is 23.4. The molecule has 0 fully saturated rings. The molecule has 0 aromatic heterocycles. The number of hydrogen-bond acceptors (Lipinski definition) is 4. The zero-order chi connectivity index (χ0) is 16.8. The second kappa shape index (κ2) is 7.58. The van der Waals surface area contributed by atoms with Gasteiger partial charge in [0.25, 0.3) is 0 Å². The maximum atomic E-state index is 11.8. The lowest BCUT2D eigenvalue weighted by Gasteiger charge is -2.10. The van der Waals surface area contributed by atoms with Gasteiger partial charge in [-0.2, -0.15) is 0 Å². The van der Waals surface area contributed by atoms with Gasteiger partial charge < -0.3 is 9.47 Å². The van der Waals surface area contributed by atoms with Crippen molar-refractivity contribution in [1.82, 2.24) is 0 Å². The van der Waals surface area contributed by atoms with E-state index in [1.54, 1.807) is 31.2 Å². The molecule has 2 aromatic carbocycles. The van der Waals surface area contributed by atoms with Crippen LogP contribution in [0.2, 0.25) is 0 Å². The predicted octanol–water partition coefficient (Wildman–Crippen LogP) is 3.88. The quantitative estimate of drug-likeness (QED) is 0.461. The van der Waals surface area contributed by atoms with E-state index in [2.05, 4.69) is 0 Å². The van der Waals surface area contributed by atoms with Gasteiger partial charge in [-0.05, 0) is 55.3 Å². The van der Waals surface area contributed by atoms with E-state index < -0.39 is 5.97 Å². The molecular weight excluding hydrogens is 292 g/mol. The van der Waals surface area contributed by atoms with Gasteiger partial charge >= 0.3 is 5.97 Å². The molecule has 120 valence electrons. The Labute approximate surface area is 136 Å². The Bertz CT molecular complexity index is 702. The van der Waals surface area contributed by atoms with Gasteiger partial charge in [0.15, 0.2) is 12.4 Å². The second-order valence-corrected chi connectivity index (χ2v) is 5.33. The molecule has 0 heterocycles. The van der Waals surface area contributed by atoms with Crippen molar-refractivity contribution in [3.8, 4) is 11.5 Å². The van der Waals surface area contributed by atoms with Gasteiger partial charge in [0.1, 0.15) is 11.5 Å². The number of hydrogen-bond donors (Lipinski definition) is 0. The fraction of sp³-hybridized carbons (Fsp3) is 0.263. The van der Waals surface area contributed by atoms with Gasteiger partial charge in [-0.25, -0.2) is 4.79 Å². The van der Waals surface area contributed by atoms with Crippen LogP contribution < -0.4 is 9.47 Å². The molecule has 0 radical (unpaired) electrons. The molecule has 0 saturated heterocycles. The van der Waals surface area contributed by atoms with Crippen molar-refractivity contribution < 1.29 is 19.1 Å². The van der Waals surface area contributed by atoms with Gasteiger partial charge in [0, 0.05) is 12.0 Å². The van der Waals surface area contributed by atoms with Crippen LogP contribution in [0.5, 0.6) is 11.5 Å². The molecule has 0 N–H and O–H groups in total. The molecule has 4 nitrogen and oxygen atoms in total. The SMILES string of the molecule is CCC(=O)c1ccc(OC(=O)COc2cc(C)ccc2C)cc1. The lowest BCUT2D eigenvalue weighted by atomic mass is 10.1. The first kappa shape index (κ1) is 16.7. The van der Waals surface area contributed by atoms with Crippen molar-refractivity contribution in [2.75, 3.05) is 6.61 Å². The molecule has 0 atom stereocenters. The van der Waals surface area contributed by atoms with Crippen molar-refractivity contribution in [2.24, 2.45) is 0 Å². The minimum atomic E-state index is -0.486. The average molecular weight is 312 g/mol.